The van der Waals surface area contributed by atoms with Crippen molar-refractivity contribution in [3.63, 3.8) is 0 Å². The summed E-state index contributed by atoms with van der Waals surface area (Å²) >= 11 is 11.6. The summed E-state index contributed by atoms with van der Waals surface area (Å²) in [6, 6.07) is 14.9. The Labute approximate surface area is 171 Å². The highest BCUT2D eigenvalue weighted by atomic mass is 35.5. The molecular formula is C20H15Cl2N3O3. The van der Waals surface area contributed by atoms with E-state index >= 15 is 0 Å². The largest absolute Gasteiger partial charge is 0.497 e. The van der Waals surface area contributed by atoms with Crippen LogP contribution in [0.3, 0.4) is 0 Å². The molecule has 142 valence electrons. The number of nitrogens with one attached hydrogen (secondary N) is 2. The first-order valence-electron chi connectivity index (χ1n) is 8.14. The van der Waals surface area contributed by atoms with E-state index in [1.165, 1.54) is 12.3 Å². The van der Waals surface area contributed by atoms with Gasteiger partial charge in [0.05, 0.1) is 17.7 Å². The lowest BCUT2D eigenvalue weighted by molar-refractivity contribution is 0.101. The Kier molecular flexibility index (Phi) is 6.13. The molecule has 2 aromatic carbocycles. The maximum absolute atomic E-state index is 12.3. The normalized spacial score (nSPS) is 10.2. The Bertz CT molecular complexity index is 1010. The number of pyridine rings is 1. The van der Waals surface area contributed by atoms with E-state index in [4.69, 9.17) is 27.9 Å². The summed E-state index contributed by atoms with van der Waals surface area (Å²) in [5.41, 5.74) is 1.90. The van der Waals surface area contributed by atoms with E-state index in [-0.39, 0.29) is 27.6 Å². The van der Waals surface area contributed by atoms with E-state index in [1.54, 1.807) is 55.6 Å². The van der Waals surface area contributed by atoms with Gasteiger partial charge in [-0.3, -0.25) is 9.59 Å². The molecule has 8 heteroatoms. The molecule has 0 aliphatic heterocycles. The fraction of sp³-hybridized carbons (Fsp3) is 0.0500. The number of anilines is 2. The summed E-state index contributed by atoms with van der Waals surface area (Å²) in [5, 5.41) is 5.82. The second-order valence-electron chi connectivity index (χ2n) is 5.71. The summed E-state index contributed by atoms with van der Waals surface area (Å²) in [4.78, 5) is 28.4. The molecule has 0 aliphatic rings. The lowest BCUT2D eigenvalue weighted by Crippen LogP contribution is -2.14. The first-order chi connectivity index (χ1) is 13.5. The molecule has 0 fully saturated rings. The Morgan fingerprint density at radius 3 is 1.93 bits per heavy atom. The van der Waals surface area contributed by atoms with Gasteiger partial charge in [0.1, 0.15) is 10.9 Å². The maximum Gasteiger partial charge on any atom is 0.257 e. The number of hydrogen-bond donors (Lipinski definition) is 2. The number of hydrogen-bond acceptors (Lipinski definition) is 4. The predicted molar refractivity (Wildman–Crippen MR) is 110 cm³/mol. The molecule has 0 radical (unpaired) electrons. The van der Waals surface area contributed by atoms with Crippen LogP contribution in [0.25, 0.3) is 0 Å². The van der Waals surface area contributed by atoms with E-state index in [0.717, 1.165) is 0 Å². The van der Waals surface area contributed by atoms with Crippen molar-refractivity contribution in [2.75, 3.05) is 17.7 Å². The van der Waals surface area contributed by atoms with Gasteiger partial charge in [-0.25, -0.2) is 4.98 Å². The van der Waals surface area contributed by atoms with Crippen LogP contribution in [-0.2, 0) is 0 Å². The van der Waals surface area contributed by atoms with Crippen molar-refractivity contribution in [3.05, 3.63) is 82.1 Å². The van der Waals surface area contributed by atoms with Crippen molar-refractivity contribution in [1.82, 2.24) is 4.98 Å². The molecule has 1 aromatic heterocycles. The van der Waals surface area contributed by atoms with Gasteiger partial charge in [0.2, 0.25) is 0 Å². The Hall–Kier alpha value is -3.09. The maximum atomic E-state index is 12.3. The molecule has 0 unspecified atom stereocenters. The minimum Gasteiger partial charge on any atom is -0.497 e. The number of nitrogens with zero attached hydrogens (tertiary/aromatic N) is 1. The first kappa shape index (κ1) is 19.7. The van der Waals surface area contributed by atoms with Crippen molar-refractivity contribution < 1.29 is 14.3 Å². The molecule has 3 aromatic rings. The van der Waals surface area contributed by atoms with Crippen LogP contribution < -0.4 is 15.4 Å². The lowest BCUT2D eigenvalue weighted by Gasteiger charge is -2.08. The fourth-order valence-electron chi connectivity index (χ4n) is 2.33. The van der Waals surface area contributed by atoms with Gasteiger partial charge in [-0.1, -0.05) is 23.2 Å². The topological polar surface area (TPSA) is 80.3 Å². The fourth-order valence-corrected chi connectivity index (χ4v) is 2.60. The van der Waals surface area contributed by atoms with Crippen molar-refractivity contribution >= 4 is 46.4 Å². The number of rotatable bonds is 5. The number of carbonyl (C=O) groups excluding carboxylic acids is 2. The van der Waals surface area contributed by atoms with Crippen molar-refractivity contribution in [1.29, 1.82) is 0 Å². The first-order valence-corrected chi connectivity index (χ1v) is 8.90. The van der Waals surface area contributed by atoms with Crippen LogP contribution in [0.2, 0.25) is 10.2 Å². The molecule has 1 heterocycles. The van der Waals surface area contributed by atoms with Gasteiger partial charge in [-0.2, -0.15) is 0 Å². The molecule has 0 aliphatic carbocycles. The predicted octanol–water partition coefficient (Wildman–Crippen LogP) is 4.90. The molecule has 0 saturated heterocycles. The molecular weight excluding hydrogens is 401 g/mol. The van der Waals surface area contributed by atoms with Gasteiger partial charge in [-0.05, 0) is 54.6 Å². The number of amides is 2. The molecule has 28 heavy (non-hydrogen) atoms. The smallest absolute Gasteiger partial charge is 0.257 e. The molecule has 0 saturated carbocycles. The zero-order valence-corrected chi connectivity index (χ0v) is 16.2. The van der Waals surface area contributed by atoms with Crippen LogP contribution in [0.5, 0.6) is 5.75 Å². The Morgan fingerprint density at radius 2 is 1.39 bits per heavy atom. The van der Waals surface area contributed by atoms with Crippen LogP contribution in [-0.4, -0.2) is 23.9 Å². The van der Waals surface area contributed by atoms with Crippen molar-refractivity contribution in [2.45, 2.75) is 0 Å². The second-order valence-corrected chi connectivity index (χ2v) is 6.48. The molecule has 2 amide bonds. The minimum atomic E-state index is -0.387. The molecule has 0 atom stereocenters. The Morgan fingerprint density at radius 1 is 0.857 bits per heavy atom. The monoisotopic (exact) mass is 415 g/mol. The van der Waals surface area contributed by atoms with E-state index in [9.17, 15) is 9.59 Å². The zero-order valence-electron chi connectivity index (χ0n) is 14.7. The molecule has 0 spiro atoms. The number of benzene rings is 2. The number of ether oxygens (including phenoxy) is 1. The van der Waals surface area contributed by atoms with Gasteiger partial charge >= 0.3 is 0 Å². The third-order valence-corrected chi connectivity index (χ3v) is 4.50. The molecule has 0 bridgehead atoms. The van der Waals surface area contributed by atoms with Gasteiger partial charge in [0, 0.05) is 23.1 Å². The quantitative estimate of drug-likeness (QED) is 0.580. The SMILES string of the molecule is COc1ccc(NC(=O)c2ccc(NC(=O)c3cnc(Cl)c(Cl)c3)cc2)cc1. The highest BCUT2D eigenvalue weighted by Gasteiger charge is 2.11. The van der Waals surface area contributed by atoms with E-state index in [0.29, 0.717) is 22.7 Å². The summed E-state index contributed by atoms with van der Waals surface area (Å²) < 4.78 is 5.08. The Balaban J connectivity index is 1.64. The average Bonchev–Trinajstić information content (AvgIpc) is 2.71. The summed E-state index contributed by atoms with van der Waals surface area (Å²) in [7, 11) is 1.58. The molecule has 6 nitrogen and oxygen atoms in total. The van der Waals surface area contributed by atoms with Gasteiger partial charge < -0.3 is 15.4 Å². The van der Waals surface area contributed by atoms with Crippen LogP contribution in [0.1, 0.15) is 20.7 Å². The van der Waals surface area contributed by atoms with E-state index < -0.39 is 0 Å². The van der Waals surface area contributed by atoms with Crippen LogP contribution in [0, 0.1) is 0 Å². The number of halogens is 2. The van der Waals surface area contributed by atoms with Crippen molar-refractivity contribution in [3.8, 4) is 5.75 Å². The zero-order chi connectivity index (χ0) is 20.1. The minimum absolute atomic E-state index is 0.130. The standard InChI is InChI=1S/C20H15Cl2N3O3/c1-28-16-8-6-15(7-9-16)24-19(26)12-2-4-14(5-3-12)25-20(27)13-10-17(21)18(22)23-11-13/h2-11H,1H3,(H,24,26)(H,25,27). The molecule has 2 N–H and O–H groups in total. The number of aromatic nitrogens is 1. The highest BCUT2D eigenvalue weighted by Crippen LogP contribution is 2.21. The highest BCUT2D eigenvalue weighted by molar-refractivity contribution is 6.41. The van der Waals surface area contributed by atoms with Gasteiger partial charge in [0.25, 0.3) is 11.8 Å². The third kappa shape index (κ3) is 4.79. The summed E-state index contributed by atoms with van der Waals surface area (Å²) in [6.45, 7) is 0. The third-order valence-electron chi connectivity index (χ3n) is 3.81. The molecule has 3 rings (SSSR count). The number of carbonyl (C=O) groups is 2. The van der Waals surface area contributed by atoms with Crippen LogP contribution >= 0.6 is 23.2 Å². The van der Waals surface area contributed by atoms with Gasteiger partial charge in [0.15, 0.2) is 0 Å². The van der Waals surface area contributed by atoms with Crippen LogP contribution in [0.15, 0.2) is 60.8 Å². The number of methoxy groups -OCH3 is 1. The van der Waals surface area contributed by atoms with Crippen molar-refractivity contribution in [2.24, 2.45) is 0 Å². The van der Waals surface area contributed by atoms with Crippen LogP contribution in [0.4, 0.5) is 11.4 Å². The summed E-state index contributed by atoms with van der Waals surface area (Å²) in [5.74, 6) is 0.0495. The summed E-state index contributed by atoms with van der Waals surface area (Å²) in [6.07, 6.45) is 1.33. The average molecular weight is 416 g/mol. The van der Waals surface area contributed by atoms with Gasteiger partial charge in [-0.15, -0.1) is 0 Å². The second kappa shape index (κ2) is 8.73. The van der Waals surface area contributed by atoms with E-state index in [2.05, 4.69) is 15.6 Å². The van der Waals surface area contributed by atoms with E-state index in [1.807, 2.05) is 0 Å². The lowest BCUT2D eigenvalue weighted by atomic mass is 10.1.